The van der Waals surface area contributed by atoms with Gasteiger partial charge in [-0.05, 0) is 19.4 Å². The predicted octanol–water partition coefficient (Wildman–Crippen LogP) is 1.54. The minimum atomic E-state index is -3.36. The Balaban J connectivity index is 1.74. The number of thiazole rings is 1. The fourth-order valence-corrected chi connectivity index (χ4v) is 4.07. The summed E-state index contributed by atoms with van der Waals surface area (Å²) >= 11 is 1.64. The predicted molar refractivity (Wildman–Crippen MR) is 107 cm³/mol. The average molecular weight is 396 g/mol. The van der Waals surface area contributed by atoms with Crippen molar-refractivity contribution >= 4 is 27.3 Å². The highest BCUT2D eigenvalue weighted by Crippen LogP contribution is 2.16. The topological polar surface area (TPSA) is 95.5 Å². The molecule has 0 aliphatic carbocycles. The van der Waals surface area contributed by atoms with Gasteiger partial charge in [-0.1, -0.05) is 30.3 Å². The number of sulfonamides is 1. The maximum absolute atomic E-state index is 12.1. The number of hydrogen-bond donors (Lipinski definition) is 3. The van der Waals surface area contributed by atoms with Crippen LogP contribution in [0.25, 0.3) is 0 Å². The lowest BCUT2D eigenvalue weighted by Crippen LogP contribution is -2.40. The van der Waals surface area contributed by atoms with Crippen LogP contribution >= 0.6 is 11.3 Å². The summed E-state index contributed by atoms with van der Waals surface area (Å²) in [5, 5.41) is 7.23. The molecule has 1 heterocycles. The van der Waals surface area contributed by atoms with E-state index < -0.39 is 10.0 Å². The minimum Gasteiger partial charge on any atom is -0.355 e. The van der Waals surface area contributed by atoms with Gasteiger partial charge in [0, 0.05) is 25.0 Å². The number of hydrogen-bond acceptors (Lipinski definition) is 5. The molecule has 0 saturated heterocycles. The Morgan fingerprint density at radius 3 is 2.50 bits per heavy atom. The summed E-state index contributed by atoms with van der Waals surface area (Å²) in [6, 6.07) is 9.43. The molecule has 0 unspecified atom stereocenters. The van der Waals surface area contributed by atoms with Crippen LogP contribution in [0.15, 0.2) is 35.3 Å². The van der Waals surface area contributed by atoms with E-state index in [4.69, 9.17) is 0 Å². The van der Waals surface area contributed by atoms with Crippen LogP contribution in [0, 0.1) is 13.8 Å². The average Bonchev–Trinajstić information content (AvgIpc) is 2.94. The van der Waals surface area contributed by atoms with Crippen molar-refractivity contribution in [1.82, 2.24) is 20.3 Å². The molecule has 1 aromatic carbocycles. The summed E-state index contributed by atoms with van der Waals surface area (Å²) in [5.41, 5.74) is 1.93. The lowest BCUT2D eigenvalue weighted by molar-refractivity contribution is 0.580. The Bertz CT molecular complexity index is 832. The van der Waals surface area contributed by atoms with Crippen molar-refractivity contribution in [3.05, 3.63) is 51.5 Å². The number of nitrogens with zero attached hydrogens (tertiary/aromatic N) is 2. The Hall–Kier alpha value is -1.97. The van der Waals surface area contributed by atoms with Crippen molar-refractivity contribution in [2.24, 2.45) is 4.99 Å². The van der Waals surface area contributed by atoms with E-state index in [9.17, 15) is 8.42 Å². The van der Waals surface area contributed by atoms with Crippen LogP contribution in [0.3, 0.4) is 0 Å². The number of guanidine groups is 1. The van der Waals surface area contributed by atoms with Gasteiger partial charge in [0.2, 0.25) is 10.0 Å². The molecule has 142 valence electrons. The highest BCUT2D eigenvalue weighted by atomic mass is 32.2. The SMILES string of the molecule is CN=C(NCCS(=O)(=O)NCc1ccccc1)NCc1sc(C)nc1C. The maximum atomic E-state index is 12.1. The van der Waals surface area contributed by atoms with Gasteiger partial charge in [0.05, 0.1) is 23.0 Å². The fraction of sp³-hybridized carbons (Fsp3) is 0.412. The molecular formula is C17H25N5O2S2. The Morgan fingerprint density at radius 2 is 1.88 bits per heavy atom. The first-order valence-corrected chi connectivity index (χ1v) is 10.7. The molecule has 2 aromatic rings. The first-order valence-electron chi connectivity index (χ1n) is 8.28. The van der Waals surface area contributed by atoms with E-state index in [0.717, 1.165) is 21.1 Å². The first-order chi connectivity index (χ1) is 12.4. The molecular weight excluding hydrogens is 370 g/mol. The summed E-state index contributed by atoms with van der Waals surface area (Å²) in [5.74, 6) is 0.535. The van der Waals surface area contributed by atoms with E-state index in [2.05, 4.69) is 25.3 Å². The van der Waals surface area contributed by atoms with E-state index in [1.54, 1.807) is 18.4 Å². The van der Waals surface area contributed by atoms with Gasteiger partial charge in [0.1, 0.15) is 0 Å². The van der Waals surface area contributed by atoms with E-state index >= 15 is 0 Å². The minimum absolute atomic E-state index is 0.0285. The van der Waals surface area contributed by atoms with Gasteiger partial charge in [0.25, 0.3) is 0 Å². The molecule has 0 atom stereocenters. The smallest absolute Gasteiger partial charge is 0.213 e. The molecule has 0 fully saturated rings. The quantitative estimate of drug-likeness (QED) is 0.466. The second-order valence-electron chi connectivity index (χ2n) is 5.72. The number of benzene rings is 1. The number of rotatable bonds is 8. The van der Waals surface area contributed by atoms with Gasteiger partial charge >= 0.3 is 0 Å². The number of nitrogens with one attached hydrogen (secondary N) is 3. The normalized spacial score (nSPS) is 12.2. The molecule has 9 heteroatoms. The molecule has 0 aliphatic heterocycles. The van der Waals surface area contributed by atoms with E-state index in [0.29, 0.717) is 19.0 Å². The van der Waals surface area contributed by atoms with Gasteiger partial charge < -0.3 is 10.6 Å². The molecule has 3 N–H and O–H groups in total. The molecule has 0 amide bonds. The third kappa shape index (κ3) is 6.74. The summed E-state index contributed by atoms with van der Waals surface area (Å²) in [7, 11) is -1.70. The van der Waals surface area contributed by atoms with Crippen molar-refractivity contribution in [2.75, 3.05) is 19.3 Å². The second kappa shape index (κ2) is 9.65. The van der Waals surface area contributed by atoms with Crippen molar-refractivity contribution in [2.45, 2.75) is 26.9 Å². The Morgan fingerprint density at radius 1 is 1.15 bits per heavy atom. The second-order valence-corrected chi connectivity index (χ2v) is 8.93. The molecule has 0 bridgehead atoms. The van der Waals surface area contributed by atoms with Gasteiger partial charge in [0.15, 0.2) is 5.96 Å². The molecule has 2 rings (SSSR count). The van der Waals surface area contributed by atoms with Crippen molar-refractivity contribution in [1.29, 1.82) is 0 Å². The number of aromatic nitrogens is 1. The largest absolute Gasteiger partial charge is 0.355 e. The van der Waals surface area contributed by atoms with Crippen LogP contribution < -0.4 is 15.4 Å². The highest BCUT2D eigenvalue weighted by Gasteiger charge is 2.11. The van der Waals surface area contributed by atoms with E-state index in [1.807, 2.05) is 44.2 Å². The molecule has 7 nitrogen and oxygen atoms in total. The molecule has 26 heavy (non-hydrogen) atoms. The van der Waals surface area contributed by atoms with Crippen LogP contribution in [0.2, 0.25) is 0 Å². The van der Waals surface area contributed by atoms with Crippen LogP contribution in [0.4, 0.5) is 0 Å². The summed E-state index contributed by atoms with van der Waals surface area (Å²) in [6.45, 7) is 5.11. The fourth-order valence-electron chi connectivity index (χ4n) is 2.29. The molecule has 0 spiro atoms. The maximum Gasteiger partial charge on any atom is 0.213 e. The summed E-state index contributed by atoms with van der Waals surface area (Å²) in [4.78, 5) is 9.64. The third-order valence-electron chi connectivity index (χ3n) is 3.64. The van der Waals surface area contributed by atoms with E-state index in [1.165, 1.54) is 0 Å². The molecule has 1 aromatic heterocycles. The Labute approximate surface area is 159 Å². The third-order valence-corrected chi connectivity index (χ3v) is 6.04. The van der Waals surface area contributed by atoms with Gasteiger partial charge in [-0.15, -0.1) is 11.3 Å². The van der Waals surface area contributed by atoms with E-state index in [-0.39, 0.29) is 12.3 Å². The molecule has 0 aliphatic rings. The Kier molecular flexibility index (Phi) is 7.55. The zero-order valence-electron chi connectivity index (χ0n) is 15.2. The lowest BCUT2D eigenvalue weighted by atomic mass is 10.2. The van der Waals surface area contributed by atoms with Gasteiger partial charge in [-0.25, -0.2) is 18.1 Å². The van der Waals surface area contributed by atoms with Crippen molar-refractivity contribution in [3.8, 4) is 0 Å². The standard InChI is InChI=1S/C17H25N5O2S2/c1-13-16(25-14(2)22-13)12-20-17(18-3)19-9-10-26(23,24)21-11-15-7-5-4-6-8-15/h4-8,21H,9-12H2,1-3H3,(H2,18,19,20). The first kappa shape index (κ1) is 20.3. The van der Waals surface area contributed by atoms with Crippen LogP contribution in [0.5, 0.6) is 0 Å². The lowest BCUT2D eigenvalue weighted by Gasteiger charge is -2.12. The number of aryl methyl sites for hydroxylation is 2. The highest BCUT2D eigenvalue weighted by molar-refractivity contribution is 7.89. The van der Waals surface area contributed by atoms with Crippen molar-refractivity contribution < 1.29 is 8.42 Å². The number of aliphatic imine (C=N–C) groups is 1. The van der Waals surface area contributed by atoms with Crippen LogP contribution in [0.1, 0.15) is 21.1 Å². The summed E-state index contributed by atoms with van der Waals surface area (Å²) in [6.07, 6.45) is 0. The molecule has 0 radical (unpaired) electrons. The summed E-state index contributed by atoms with van der Waals surface area (Å²) < 4.78 is 26.8. The molecule has 0 saturated carbocycles. The zero-order valence-corrected chi connectivity index (χ0v) is 16.9. The zero-order chi connectivity index (χ0) is 19.0. The van der Waals surface area contributed by atoms with Crippen molar-refractivity contribution in [3.63, 3.8) is 0 Å². The monoisotopic (exact) mass is 395 g/mol. The van der Waals surface area contributed by atoms with Gasteiger partial charge in [-0.3, -0.25) is 4.99 Å². The van der Waals surface area contributed by atoms with Crippen LogP contribution in [-0.4, -0.2) is 38.7 Å². The van der Waals surface area contributed by atoms with Crippen LogP contribution in [-0.2, 0) is 23.1 Å². The van der Waals surface area contributed by atoms with Gasteiger partial charge in [-0.2, -0.15) is 0 Å².